The second kappa shape index (κ2) is 7.81. The summed E-state index contributed by atoms with van der Waals surface area (Å²) in [5, 5.41) is 27.3. The van der Waals surface area contributed by atoms with Crippen LogP contribution >= 0.6 is 0 Å². The first-order valence-corrected chi connectivity index (χ1v) is 11.2. The summed E-state index contributed by atoms with van der Waals surface area (Å²) in [6, 6.07) is 7.00. The number of likely N-dealkylation sites (tertiary alicyclic amines) is 1. The molecule has 0 radical (unpaired) electrons. The number of anilines is 2. The van der Waals surface area contributed by atoms with Crippen molar-refractivity contribution in [3.05, 3.63) is 24.3 Å². The van der Waals surface area contributed by atoms with Crippen molar-refractivity contribution in [3.8, 4) is 22.9 Å². The second-order valence-electron chi connectivity index (χ2n) is 9.62. The molecule has 0 spiro atoms. The van der Waals surface area contributed by atoms with Crippen LogP contribution in [0.1, 0.15) is 26.7 Å². The highest BCUT2D eigenvalue weighted by Gasteiger charge is 2.37. The van der Waals surface area contributed by atoms with E-state index in [4.69, 9.17) is 9.84 Å². The molecule has 0 bridgehead atoms. The van der Waals surface area contributed by atoms with E-state index in [0.717, 1.165) is 36.6 Å². The van der Waals surface area contributed by atoms with Gasteiger partial charge in [-0.1, -0.05) is 12.1 Å². The third-order valence-corrected chi connectivity index (χ3v) is 6.80. The standard InChI is InChI=1S/C23H31N7O2/c1-23(2)14-32-19-18(29(23)4)22-26-25-21(16-6-5-7-17(31)12-16)30(22)27-20(19)24-13-15-8-10-28(3)11-9-15/h5-7,12,15,31H,8-11,13-14H2,1-4H3,(H,24,27). The number of nitrogens with zero attached hydrogens (tertiary/aromatic N) is 6. The number of piperidine rings is 1. The molecule has 4 heterocycles. The molecule has 1 aromatic carbocycles. The van der Waals surface area contributed by atoms with Crippen LogP contribution in [-0.4, -0.2) is 75.7 Å². The lowest BCUT2D eigenvalue weighted by molar-refractivity contribution is 0.217. The van der Waals surface area contributed by atoms with E-state index in [-0.39, 0.29) is 11.3 Å². The third-order valence-electron chi connectivity index (χ3n) is 6.80. The molecule has 0 atom stereocenters. The van der Waals surface area contributed by atoms with Gasteiger partial charge >= 0.3 is 0 Å². The number of ether oxygens (including phenoxy) is 1. The number of nitrogens with one attached hydrogen (secondary N) is 1. The van der Waals surface area contributed by atoms with E-state index in [9.17, 15) is 5.11 Å². The van der Waals surface area contributed by atoms with Gasteiger partial charge in [-0.2, -0.15) is 4.52 Å². The molecule has 2 aliphatic heterocycles. The number of likely N-dealkylation sites (N-methyl/N-ethyl adjacent to an activating group) is 1. The molecule has 1 saturated heterocycles. The highest BCUT2D eigenvalue weighted by molar-refractivity contribution is 5.83. The van der Waals surface area contributed by atoms with Crippen molar-refractivity contribution in [1.82, 2.24) is 24.7 Å². The van der Waals surface area contributed by atoms with Gasteiger partial charge in [-0.25, -0.2) is 0 Å². The Kier molecular flexibility index (Phi) is 5.08. The van der Waals surface area contributed by atoms with Gasteiger partial charge in [0, 0.05) is 19.2 Å². The van der Waals surface area contributed by atoms with Crippen LogP contribution in [0.4, 0.5) is 11.5 Å². The Morgan fingerprint density at radius 2 is 1.97 bits per heavy atom. The van der Waals surface area contributed by atoms with E-state index in [0.29, 0.717) is 29.8 Å². The van der Waals surface area contributed by atoms with Gasteiger partial charge in [-0.3, -0.25) is 0 Å². The maximum Gasteiger partial charge on any atom is 0.205 e. The van der Waals surface area contributed by atoms with Gasteiger partial charge in [-0.05, 0) is 64.9 Å². The summed E-state index contributed by atoms with van der Waals surface area (Å²) >= 11 is 0. The van der Waals surface area contributed by atoms with Crippen LogP contribution in [0, 0.1) is 5.92 Å². The van der Waals surface area contributed by atoms with Crippen LogP contribution in [0.3, 0.4) is 0 Å². The number of aromatic hydroxyl groups is 1. The van der Waals surface area contributed by atoms with E-state index in [1.165, 1.54) is 12.8 Å². The molecule has 32 heavy (non-hydrogen) atoms. The summed E-state index contributed by atoms with van der Waals surface area (Å²) in [7, 11) is 4.24. The summed E-state index contributed by atoms with van der Waals surface area (Å²) in [5.41, 5.74) is 2.07. The molecule has 5 rings (SSSR count). The first-order valence-electron chi connectivity index (χ1n) is 11.2. The number of phenolic OH excluding ortho intramolecular Hbond substituents is 1. The molecule has 9 nitrogen and oxygen atoms in total. The minimum Gasteiger partial charge on any atom is -0.508 e. The fourth-order valence-electron chi connectivity index (χ4n) is 4.42. The minimum absolute atomic E-state index is 0.180. The molecular formula is C23H31N7O2. The predicted molar refractivity (Wildman–Crippen MR) is 125 cm³/mol. The van der Waals surface area contributed by atoms with Crippen molar-refractivity contribution < 1.29 is 9.84 Å². The Hall–Kier alpha value is -3.07. The Morgan fingerprint density at radius 1 is 1.19 bits per heavy atom. The summed E-state index contributed by atoms with van der Waals surface area (Å²) in [6.45, 7) is 7.94. The van der Waals surface area contributed by atoms with Crippen molar-refractivity contribution in [2.75, 3.05) is 50.6 Å². The monoisotopic (exact) mass is 437 g/mol. The molecule has 9 heteroatoms. The van der Waals surface area contributed by atoms with Crippen molar-refractivity contribution in [3.63, 3.8) is 0 Å². The summed E-state index contributed by atoms with van der Waals surface area (Å²) < 4.78 is 8.00. The number of hydrogen-bond acceptors (Lipinski definition) is 8. The maximum absolute atomic E-state index is 9.97. The molecule has 0 unspecified atom stereocenters. The summed E-state index contributed by atoms with van der Waals surface area (Å²) in [5.74, 6) is 2.79. The van der Waals surface area contributed by atoms with Crippen molar-refractivity contribution in [2.24, 2.45) is 5.92 Å². The molecule has 0 aliphatic carbocycles. The number of aromatic nitrogens is 4. The quantitative estimate of drug-likeness (QED) is 0.644. The van der Waals surface area contributed by atoms with Gasteiger partial charge < -0.3 is 25.0 Å². The van der Waals surface area contributed by atoms with Crippen molar-refractivity contribution in [2.45, 2.75) is 32.2 Å². The van der Waals surface area contributed by atoms with E-state index in [1.807, 2.05) is 6.07 Å². The first kappa shape index (κ1) is 20.8. The predicted octanol–water partition coefficient (Wildman–Crippen LogP) is 2.86. The zero-order valence-corrected chi connectivity index (χ0v) is 19.2. The SMILES string of the molecule is CN1CCC(CNc2nn3c(-c4cccc(O)c4)nnc3c3c2OCC(C)(C)N3C)CC1. The van der Waals surface area contributed by atoms with Gasteiger partial charge in [0.05, 0.1) is 5.54 Å². The molecule has 2 N–H and O–H groups in total. The van der Waals surface area contributed by atoms with E-state index < -0.39 is 0 Å². The van der Waals surface area contributed by atoms with Crippen LogP contribution < -0.4 is 15.0 Å². The fraction of sp³-hybridized carbons (Fsp3) is 0.522. The van der Waals surface area contributed by atoms with Gasteiger partial charge in [0.25, 0.3) is 0 Å². The minimum atomic E-state index is -0.197. The Bertz CT molecular complexity index is 1130. The topological polar surface area (TPSA) is 91.0 Å². The van der Waals surface area contributed by atoms with Gasteiger partial charge in [0.1, 0.15) is 18.0 Å². The molecule has 2 aromatic heterocycles. The van der Waals surface area contributed by atoms with Crippen LogP contribution in [0.15, 0.2) is 24.3 Å². The highest BCUT2D eigenvalue weighted by Crippen LogP contribution is 2.44. The third kappa shape index (κ3) is 3.60. The number of hydrogen-bond donors (Lipinski definition) is 2. The lowest BCUT2D eigenvalue weighted by Crippen LogP contribution is -2.49. The van der Waals surface area contributed by atoms with Crippen LogP contribution in [0.5, 0.6) is 11.5 Å². The fourth-order valence-corrected chi connectivity index (χ4v) is 4.42. The number of rotatable bonds is 4. The van der Waals surface area contributed by atoms with Crippen LogP contribution in [-0.2, 0) is 0 Å². The molecule has 0 saturated carbocycles. The first-order chi connectivity index (χ1) is 15.3. The molecule has 2 aliphatic rings. The summed E-state index contributed by atoms with van der Waals surface area (Å²) in [4.78, 5) is 4.58. The molecule has 170 valence electrons. The van der Waals surface area contributed by atoms with Crippen molar-refractivity contribution >= 4 is 17.2 Å². The van der Waals surface area contributed by atoms with Crippen LogP contribution in [0.25, 0.3) is 17.0 Å². The van der Waals surface area contributed by atoms with Crippen molar-refractivity contribution in [1.29, 1.82) is 0 Å². The average molecular weight is 438 g/mol. The van der Waals surface area contributed by atoms with Gasteiger partial charge in [0.15, 0.2) is 17.4 Å². The molecule has 3 aromatic rings. The Balaban J connectivity index is 1.58. The lowest BCUT2D eigenvalue weighted by atomic mass is 9.97. The highest BCUT2D eigenvalue weighted by atomic mass is 16.5. The normalized spacial score (nSPS) is 19.1. The number of fused-ring (bicyclic) bond motifs is 3. The Labute approximate surface area is 188 Å². The van der Waals surface area contributed by atoms with Gasteiger partial charge in [0.2, 0.25) is 5.65 Å². The zero-order valence-electron chi connectivity index (χ0n) is 19.2. The molecule has 0 amide bonds. The second-order valence-corrected chi connectivity index (χ2v) is 9.62. The largest absolute Gasteiger partial charge is 0.508 e. The van der Waals surface area contributed by atoms with E-state index in [2.05, 4.69) is 53.3 Å². The van der Waals surface area contributed by atoms with E-state index >= 15 is 0 Å². The lowest BCUT2D eigenvalue weighted by Gasteiger charge is -2.42. The number of benzene rings is 1. The maximum atomic E-state index is 9.97. The van der Waals surface area contributed by atoms with Crippen LogP contribution in [0.2, 0.25) is 0 Å². The molecule has 1 fully saturated rings. The zero-order chi connectivity index (χ0) is 22.5. The Morgan fingerprint density at radius 3 is 2.72 bits per heavy atom. The number of phenols is 1. The van der Waals surface area contributed by atoms with E-state index in [1.54, 1.807) is 22.7 Å². The smallest absolute Gasteiger partial charge is 0.205 e. The average Bonchev–Trinajstić information content (AvgIpc) is 3.19. The summed E-state index contributed by atoms with van der Waals surface area (Å²) in [6.07, 6.45) is 2.34. The van der Waals surface area contributed by atoms with Gasteiger partial charge in [-0.15, -0.1) is 15.3 Å². The molecular weight excluding hydrogens is 406 g/mol.